The van der Waals surface area contributed by atoms with Gasteiger partial charge in [-0.25, -0.2) is 0 Å². The van der Waals surface area contributed by atoms with E-state index in [1.165, 1.54) is 0 Å². The average Bonchev–Trinajstić information content (AvgIpc) is 2.70. The zero-order valence-corrected chi connectivity index (χ0v) is 17.8. The molecule has 0 aliphatic carbocycles. The van der Waals surface area contributed by atoms with Crippen LogP contribution in [0, 0.1) is 0 Å². The third-order valence-corrected chi connectivity index (χ3v) is 5.96. The average molecular weight is 438 g/mol. The predicted octanol–water partition coefficient (Wildman–Crippen LogP) is 4.11. The van der Waals surface area contributed by atoms with Gasteiger partial charge in [0.15, 0.2) is 0 Å². The van der Waals surface area contributed by atoms with Gasteiger partial charge in [0.25, 0.3) is 5.91 Å². The third-order valence-electron chi connectivity index (χ3n) is 4.58. The molecule has 28 heavy (non-hydrogen) atoms. The molecular formula is C20H21Cl2N3O2S. The molecule has 1 aliphatic rings. The van der Waals surface area contributed by atoms with Crippen molar-refractivity contribution in [3.8, 4) is 0 Å². The van der Waals surface area contributed by atoms with Crippen molar-refractivity contribution >= 4 is 52.5 Å². The van der Waals surface area contributed by atoms with E-state index in [1.54, 1.807) is 34.9 Å². The minimum atomic E-state index is -0.122. The zero-order chi connectivity index (χ0) is 20.1. The number of benzene rings is 2. The molecule has 8 heteroatoms. The molecule has 1 heterocycles. The number of rotatable bonds is 5. The molecule has 3 rings (SSSR count). The zero-order valence-electron chi connectivity index (χ0n) is 15.5. The smallest absolute Gasteiger partial charge is 0.255 e. The van der Waals surface area contributed by atoms with Gasteiger partial charge in [-0.3, -0.25) is 14.5 Å². The van der Waals surface area contributed by atoms with Gasteiger partial charge in [0.2, 0.25) is 5.91 Å². The van der Waals surface area contributed by atoms with Crippen LogP contribution in [0.2, 0.25) is 10.0 Å². The Bertz CT molecular complexity index is 870. The van der Waals surface area contributed by atoms with Gasteiger partial charge in [-0.15, -0.1) is 11.8 Å². The van der Waals surface area contributed by atoms with Gasteiger partial charge in [0.05, 0.1) is 27.8 Å². The molecular weight excluding hydrogens is 417 g/mol. The van der Waals surface area contributed by atoms with Crippen molar-refractivity contribution in [1.82, 2.24) is 9.80 Å². The second kappa shape index (κ2) is 9.65. The molecule has 1 aliphatic heterocycles. The number of hydrogen-bond donors (Lipinski definition) is 1. The number of anilines is 1. The number of hydrogen-bond acceptors (Lipinski definition) is 4. The van der Waals surface area contributed by atoms with Gasteiger partial charge >= 0.3 is 0 Å². The fourth-order valence-corrected chi connectivity index (χ4v) is 3.85. The maximum atomic E-state index is 12.8. The summed E-state index contributed by atoms with van der Waals surface area (Å²) in [5, 5.41) is 3.80. The Kier molecular flexibility index (Phi) is 7.24. The summed E-state index contributed by atoms with van der Waals surface area (Å²) < 4.78 is 0. The molecule has 0 bridgehead atoms. The van der Waals surface area contributed by atoms with Gasteiger partial charge in [-0.1, -0.05) is 35.3 Å². The molecule has 0 radical (unpaired) electrons. The quantitative estimate of drug-likeness (QED) is 0.714. The van der Waals surface area contributed by atoms with Crippen molar-refractivity contribution in [2.75, 3.05) is 44.3 Å². The summed E-state index contributed by atoms with van der Waals surface area (Å²) in [5.74, 6) is -0.190. The van der Waals surface area contributed by atoms with E-state index in [0.717, 1.165) is 4.90 Å². The molecule has 0 atom stereocenters. The van der Waals surface area contributed by atoms with Crippen LogP contribution in [-0.2, 0) is 4.79 Å². The number of amides is 2. The molecule has 2 amide bonds. The van der Waals surface area contributed by atoms with E-state index in [-0.39, 0.29) is 18.4 Å². The Morgan fingerprint density at radius 2 is 1.75 bits per heavy atom. The Labute approximate surface area is 179 Å². The Balaban J connectivity index is 1.54. The van der Waals surface area contributed by atoms with E-state index >= 15 is 0 Å². The van der Waals surface area contributed by atoms with Gasteiger partial charge in [0, 0.05) is 31.1 Å². The fourth-order valence-electron chi connectivity index (χ4n) is 3.03. The van der Waals surface area contributed by atoms with E-state index in [1.807, 2.05) is 35.4 Å². The summed E-state index contributed by atoms with van der Waals surface area (Å²) in [6.07, 6.45) is 1.96. The van der Waals surface area contributed by atoms with E-state index < -0.39 is 0 Å². The molecule has 0 saturated carbocycles. The maximum absolute atomic E-state index is 12.8. The predicted molar refractivity (Wildman–Crippen MR) is 116 cm³/mol. The molecule has 1 fully saturated rings. The van der Waals surface area contributed by atoms with Crippen LogP contribution in [0.3, 0.4) is 0 Å². The minimum Gasteiger partial charge on any atom is -0.336 e. The molecule has 2 aromatic rings. The van der Waals surface area contributed by atoms with E-state index in [4.69, 9.17) is 23.2 Å². The lowest BCUT2D eigenvalue weighted by molar-refractivity contribution is -0.117. The topological polar surface area (TPSA) is 52.7 Å². The van der Waals surface area contributed by atoms with Crippen molar-refractivity contribution in [1.29, 1.82) is 0 Å². The van der Waals surface area contributed by atoms with Crippen LogP contribution in [0.4, 0.5) is 5.69 Å². The summed E-state index contributed by atoms with van der Waals surface area (Å²) in [6, 6.07) is 12.6. The number of carbonyl (C=O) groups excluding carboxylic acids is 2. The summed E-state index contributed by atoms with van der Waals surface area (Å²) in [4.78, 5) is 29.9. The molecule has 5 nitrogen and oxygen atoms in total. The van der Waals surface area contributed by atoms with Crippen LogP contribution in [0.1, 0.15) is 10.4 Å². The monoisotopic (exact) mass is 437 g/mol. The second-order valence-electron chi connectivity index (χ2n) is 6.44. The van der Waals surface area contributed by atoms with Crippen LogP contribution in [0.25, 0.3) is 0 Å². The first-order valence-corrected chi connectivity index (χ1v) is 10.9. The van der Waals surface area contributed by atoms with Crippen molar-refractivity contribution in [2.24, 2.45) is 0 Å². The summed E-state index contributed by atoms with van der Waals surface area (Å²) >= 11 is 13.9. The van der Waals surface area contributed by atoms with Crippen molar-refractivity contribution < 1.29 is 9.59 Å². The first-order valence-electron chi connectivity index (χ1n) is 8.87. The van der Waals surface area contributed by atoms with E-state index in [9.17, 15) is 9.59 Å². The fraction of sp³-hybridized carbons (Fsp3) is 0.300. The molecule has 0 aromatic heterocycles. The Morgan fingerprint density at radius 3 is 2.43 bits per heavy atom. The van der Waals surface area contributed by atoms with Crippen molar-refractivity contribution in [3.05, 3.63) is 58.1 Å². The number of thioether (sulfide) groups is 1. The lowest BCUT2D eigenvalue weighted by Crippen LogP contribution is -2.50. The van der Waals surface area contributed by atoms with Gasteiger partial charge < -0.3 is 10.2 Å². The normalized spacial score (nSPS) is 14.8. The van der Waals surface area contributed by atoms with Crippen LogP contribution in [0.5, 0.6) is 0 Å². The number of halogens is 2. The SMILES string of the molecule is CSc1ccc(Cl)c(C(=O)N2CCN(CC(=O)Nc3ccccc3Cl)CC2)c1. The highest BCUT2D eigenvalue weighted by molar-refractivity contribution is 7.98. The largest absolute Gasteiger partial charge is 0.336 e. The van der Waals surface area contributed by atoms with Crippen LogP contribution in [-0.4, -0.2) is 60.6 Å². The highest BCUT2D eigenvalue weighted by Crippen LogP contribution is 2.25. The first-order chi connectivity index (χ1) is 13.5. The maximum Gasteiger partial charge on any atom is 0.255 e. The molecule has 0 spiro atoms. The highest BCUT2D eigenvalue weighted by atomic mass is 35.5. The third kappa shape index (κ3) is 5.20. The summed E-state index contributed by atoms with van der Waals surface area (Å²) in [7, 11) is 0. The molecule has 0 unspecified atom stereocenters. The van der Waals surface area contributed by atoms with Crippen molar-refractivity contribution in [2.45, 2.75) is 4.90 Å². The van der Waals surface area contributed by atoms with Crippen LogP contribution < -0.4 is 5.32 Å². The molecule has 148 valence electrons. The number of para-hydroxylation sites is 1. The number of carbonyl (C=O) groups is 2. The van der Waals surface area contributed by atoms with Crippen molar-refractivity contribution in [3.63, 3.8) is 0 Å². The van der Waals surface area contributed by atoms with Crippen LogP contribution >= 0.6 is 35.0 Å². The first kappa shape index (κ1) is 21.0. The lowest BCUT2D eigenvalue weighted by Gasteiger charge is -2.34. The number of nitrogens with zero attached hydrogens (tertiary/aromatic N) is 2. The van der Waals surface area contributed by atoms with Gasteiger partial charge in [-0.05, 0) is 36.6 Å². The minimum absolute atomic E-state index is 0.0685. The summed E-state index contributed by atoms with van der Waals surface area (Å²) in [5.41, 5.74) is 1.13. The van der Waals surface area contributed by atoms with Crippen LogP contribution in [0.15, 0.2) is 47.4 Å². The molecule has 1 saturated heterocycles. The molecule has 2 aromatic carbocycles. The Hall–Kier alpha value is -1.73. The van der Waals surface area contributed by atoms with Gasteiger partial charge in [0.1, 0.15) is 0 Å². The van der Waals surface area contributed by atoms with E-state index in [0.29, 0.717) is 47.5 Å². The standard InChI is InChI=1S/C20H21Cl2N3O2S/c1-28-14-6-7-16(21)15(12-14)20(27)25-10-8-24(9-11-25)13-19(26)23-18-5-3-2-4-17(18)22/h2-7,12H,8-11,13H2,1H3,(H,23,26). The lowest BCUT2D eigenvalue weighted by atomic mass is 10.1. The summed E-state index contributed by atoms with van der Waals surface area (Å²) in [6.45, 7) is 2.62. The number of nitrogens with one attached hydrogen (secondary N) is 1. The second-order valence-corrected chi connectivity index (χ2v) is 8.14. The Morgan fingerprint density at radius 1 is 1.04 bits per heavy atom. The van der Waals surface area contributed by atoms with E-state index in [2.05, 4.69) is 5.32 Å². The highest BCUT2D eigenvalue weighted by Gasteiger charge is 2.25. The number of piperazine rings is 1. The van der Waals surface area contributed by atoms with Gasteiger partial charge in [-0.2, -0.15) is 0 Å². The molecule has 1 N–H and O–H groups in total.